The van der Waals surface area contributed by atoms with Gasteiger partial charge in [0.1, 0.15) is 6.54 Å². The molecule has 0 aliphatic heterocycles. The number of aromatic nitrogens is 2. The summed E-state index contributed by atoms with van der Waals surface area (Å²) in [6.07, 6.45) is 0. The topological polar surface area (TPSA) is 94.4 Å². The van der Waals surface area contributed by atoms with Gasteiger partial charge in [-0.25, -0.2) is 4.68 Å². The quantitative estimate of drug-likeness (QED) is 0.557. The Morgan fingerprint density at radius 2 is 1.73 bits per heavy atom. The lowest BCUT2D eigenvalue weighted by Gasteiger charge is -2.21. The van der Waals surface area contributed by atoms with E-state index in [1.54, 1.807) is 24.3 Å². The third-order valence-corrected chi connectivity index (χ3v) is 5.47. The van der Waals surface area contributed by atoms with Gasteiger partial charge < -0.3 is 16.0 Å². The summed E-state index contributed by atoms with van der Waals surface area (Å²) in [5, 5.41) is 7.59. The number of aryl methyl sites for hydroxylation is 1. The molecule has 0 aliphatic carbocycles. The lowest BCUT2D eigenvalue weighted by Crippen LogP contribution is -3.12. The van der Waals surface area contributed by atoms with Gasteiger partial charge >= 0.3 is 0 Å². The average Bonchev–Trinajstić information content (AvgIpc) is 3.02. The van der Waals surface area contributed by atoms with E-state index in [0.717, 1.165) is 27.5 Å². The summed E-state index contributed by atoms with van der Waals surface area (Å²) in [5.74, 6) is -0.586. The second-order valence-corrected chi connectivity index (χ2v) is 7.57. The Bertz CT molecular complexity index is 1040. The third kappa shape index (κ3) is 4.58. The molecule has 0 fully saturated rings. The second kappa shape index (κ2) is 8.92. The molecule has 30 heavy (non-hydrogen) atoms. The first-order valence-corrected chi connectivity index (χ1v) is 9.91. The van der Waals surface area contributed by atoms with Gasteiger partial charge in [0.15, 0.2) is 6.04 Å². The van der Waals surface area contributed by atoms with E-state index in [1.807, 2.05) is 55.9 Å². The first kappa shape index (κ1) is 21.3. The van der Waals surface area contributed by atoms with Gasteiger partial charge in [-0.15, -0.1) is 0 Å². The van der Waals surface area contributed by atoms with E-state index < -0.39 is 5.91 Å². The Kier molecular flexibility index (Phi) is 6.32. The van der Waals surface area contributed by atoms with Crippen molar-refractivity contribution in [1.29, 1.82) is 0 Å². The smallest absolute Gasteiger partial charge is 0.282 e. The summed E-state index contributed by atoms with van der Waals surface area (Å²) in [7, 11) is 2.00. The molecule has 1 unspecified atom stereocenters. The summed E-state index contributed by atoms with van der Waals surface area (Å²) in [5.41, 5.74) is 10.5. The lowest BCUT2D eigenvalue weighted by molar-refractivity contribution is -0.907. The maximum Gasteiger partial charge on any atom is 0.282 e. The number of primary amides is 1. The van der Waals surface area contributed by atoms with Crippen molar-refractivity contribution in [3.05, 3.63) is 77.1 Å². The van der Waals surface area contributed by atoms with Crippen LogP contribution in [0.4, 0.5) is 5.69 Å². The van der Waals surface area contributed by atoms with Crippen LogP contribution in [0.15, 0.2) is 54.6 Å². The number of quaternary nitrogens is 1. The molecule has 2 aromatic carbocycles. The van der Waals surface area contributed by atoms with E-state index in [0.29, 0.717) is 17.8 Å². The molecule has 0 spiro atoms. The van der Waals surface area contributed by atoms with Crippen LogP contribution in [0.3, 0.4) is 0 Å². The highest BCUT2D eigenvalue weighted by Gasteiger charge is 2.25. The molecule has 3 rings (SSSR count). The predicted molar refractivity (Wildman–Crippen MR) is 117 cm³/mol. The van der Waals surface area contributed by atoms with Crippen molar-refractivity contribution in [3.8, 4) is 5.69 Å². The van der Waals surface area contributed by atoms with Gasteiger partial charge in [0, 0.05) is 11.3 Å². The Morgan fingerprint density at radius 1 is 1.10 bits per heavy atom. The molecule has 4 N–H and O–H groups in total. The number of nitrogens with two attached hydrogens (primary N) is 1. The highest BCUT2D eigenvalue weighted by atomic mass is 16.2. The number of benzene rings is 2. The van der Waals surface area contributed by atoms with Gasteiger partial charge in [-0.2, -0.15) is 5.10 Å². The van der Waals surface area contributed by atoms with Gasteiger partial charge in [0.05, 0.1) is 29.7 Å². The summed E-state index contributed by atoms with van der Waals surface area (Å²) in [4.78, 5) is 24.9. The minimum absolute atomic E-state index is 0.0925. The zero-order valence-electron chi connectivity index (χ0n) is 17.8. The number of amides is 2. The number of anilines is 1. The molecular weight excluding hydrogens is 378 g/mol. The summed E-state index contributed by atoms with van der Waals surface area (Å²) in [6.45, 7) is 6.63. The molecule has 0 bridgehead atoms. The SMILES string of the molecule is Cc1nn(-c2ccccc2)c(C)c1C[NH+](C)[C@@H](C)C(=O)Nc1ccc(C(N)=O)cc1. The predicted octanol–water partition coefficient (Wildman–Crippen LogP) is 1.63. The van der Waals surface area contributed by atoms with E-state index in [4.69, 9.17) is 10.8 Å². The maximum absolute atomic E-state index is 12.7. The fourth-order valence-electron chi connectivity index (χ4n) is 3.38. The number of rotatable bonds is 7. The van der Waals surface area contributed by atoms with E-state index in [1.165, 1.54) is 0 Å². The van der Waals surface area contributed by atoms with Crippen LogP contribution >= 0.6 is 0 Å². The van der Waals surface area contributed by atoms with Crippen molar-refractivity contribution in [3.63, 3.8) is 0 Å². The summed E-state index contributed by atoms with van der Waals surface area (Å²) in [6, 6.07) is 16.3. The zero-order chi connectivity index (χ0) is 21.8. The lowest BCUT2D eigenvalue weighted by atomic mass is 10.1. The zero-order valence-corrected chi connectivity index (χ0v) is 17.8. The van der Waals surface area contributed by atoms with E-state index in [2.05, 4.69) is 12.2 Å². The number of carbonyl (C=O) groups is 2. The highest BCUT2D eigenvalue weighted by molar-refractivity contribution is 5.95. The van der Waals surface area contributed by atoms with Crippen molar-refractivity contribution in [1.82, 2.24) is 9.78 Å². The molecule has 2 atom stereocenters. The fourth-order valence-corrected chi connectivity index (χ4v) is 3.38. The van der Waals surface area contributed by atoms with Crippen LogP contribution in [0.25, 0.3) is 5.69 Å². The number of hydrogen-bond acceptors (Lipinski definition) is 3. The van der Waals surface area contributed by atoms with Gasteiger partial charge in [-0.05, 0) is 57.2 Å². The van der Waals surface area contributed by atoms with Crippen molar-refractivity contribution in [2.45, 2.75) is 33.4 Å². The van der Waals surface area contributed by atoms with Gasteiger partial charge in [0.25, 0.3) is 5.91 Å². The average molecular weight is 407 g/mol. The third-order valence-electron chi connectivity index (χ3n) is 5.47. The number of likely N-dealkylation sites (N-methyl/N-ethyl adjacent to an activating group) is 1. The van der Waals surface area contributed by atoms with Crippen LogP contribution in [0, 0.1) is 13.8 Å². The van der Waals surface area contributed by atoms with Crippen LogP contribution in [0.1, 0.15) is 34.2 Å². The first-order chi connectivity index (χ1) is 14.3. The Balaban J connectivity index is 1.69. The maximum atomic E-state index is 12.7. The molecule has 2 amide bonds. The number of nitrogens with zero attached hydrogens (tertiary/aromatic N) is 2. The number of hydrogen-bond donors (Lipinski definition) is 3. The van der Waals surface area contributed by atoms with Crippen LogP contribution in [0.5, 0.6) is 0 Å². The van der Waals surface area contributed by atoms with Crippen LogP contribution in [-0.4, -0.2) is 34.7 Å². The normalized spacial score (nSPS) is 12.9. The largest absolute Gasteiger partial charge is 0.366 e. The molecule has 1 heterocycles. The van der Waals surface area contributed by atoms with E-state index >= 15 is 0 Å². The minimum atomic E-state index is -0.493. The standard InChI is InChI=1S/C23H27N5O2/c1-15-21(16(2)28(26-15)20-8-6-5-7-9-20)14-27(4)17(3)23(30)25-19-12-10-18(11-13-19)22(24)29/h5-13,17H,14H2,1-4H3,(H2,24,29)(H,25,30)/p+1/t17-/m0/s1. The van der Waals surface area contributed by atoms with Crippen molar-refractivity contribution in [2.75, 3.05) is 12.4 Å². The summed E-state index contributed by atoms with van der Waals surface area (Å²) >= 11 is 0. The van der Waals surface area contributed by atoms with Gasteiger partial charge in [0.2, 0.25) is 5.91 Å². The van der Waals surface area contributed by atoms with Crippen molar-refractivity contribution < 1.29 is 14.5 Å². The van der Waals surface area contributed by atoms with Crippen LogP contribution in [-0.2, 0) is 11.3 Å². The van der Waals surface area contributed by atoms with Crippen molar-refractivity contribution in [2.24, 2.45) is 5.73 Å². The number of para-hydroxylation sites is 1. The minimum Gasteiger partial charge on any atom is -0.366 e. The Labute approximate surface area is 176 Å². The molecule has 0 saturated heterocycles. The van der Waals surface area contributed by atoms with Gasteiger partial charge in [-0.1, -0.05) is 18.2 Å². The highest BCUT2D eigenvalue weighted by Crippen LogP contribution is 2.17. The molecule has 0 radical (unpaired) electrons. The first-order valence-electron chi connectivity index (χ1n) is 9.91. The fraction of sp³-hybridized carbons (Fsp3) is 0.261. The van der Waals surface area contributed by atoms with E-state index in [-0.39, 0.29) is 11.9 Å². The number of carbonyl (C=O) groups excluding carboxylic acids is 2. The van der Waals surface area contributed by atoms with Gasteiger partial charge in [-0.3, -0.25) is 9.59 Å². The molecule has 7 heteroatoms. The Hall–Kier alpha value is -3.45. The molecular formula is C23H28N5O2+. The number of nitrogens with one attached hydrogen (secondary N) is 2. The van der Waals surface area contributed by atoms with Crippen molar-refractivity contribution >= 4 is 17.5 Å². The molecule has 3 aromatic rings. The summed E-state index contributed by atoms with van der Waals surface area (Å²) < 4.78 is 1.95. The molecule has 1 aromatic heterocycles. The van der Waals surface area contributed by atoms with Crippen LogP contribution < -0.4 is 16.0 Å². The second-order valence-electron chi connectivity index (χ2n) is 7.57. The van der Waals surface area contributed by atoms with E-state index in [9.17, 15) is 9.59 Å². The molecule has 0 saturated carbocycles. The Morgan fingerprint density at radius 3 is 2.33 bits per heavy atom. The van der Waals surface area contributed by atoms with Crippen LogP contribution in [0.2, 0.25) is 0 Å². The molecule has 156 valence electrons. The monoisotopic (exact) mass is 406 g/mol. The molecule has 0 aliphatic rings. The molecule has 7 nitrogen and oxygen atoms in total.